The number of nitrogens with zero attached hydrogens (tertiary/aromatic N) is 1. The van der Waals surface area contributed by atoms with Gasteiger partial charge < -0.3 is 15.3 Å². The van der Waals surface area contributed by atoms with E-state index < -0.39 is 0 Å². The van der Waals surface area contributed by atoms with E-state index in [1.165, 1.54) is 4.88 Å². The van der Waals surface area contributed by atoms with Crippen LogP contribution in [0.1, 0.15) is 36.4 Å². The Morgan fingerprint density at radius 1 is 1.20 bits per heavy atom. The first-order chi connectivity index (χ1) is 9.63. The lowest BCUT2D eigenvalue weighted by atomic mass is 10.1. The summed E-state index contributed by atoms with van der Waals surface area (Å²) in [5.41, 5.74) is 4.49. The first-order valence-corrected chi connectivity index (χ1v) is 7.38. The van der Waals surface area contributed by atoms with Crippen molar-refractivity contribution in [1.29, 1.82) is 0 Å². The van der Waals surface area contributed by atoms with Crippen LogP contribution in [0.4, 0.5) is 0 Å². The molecule has 0 aliphatic rings. The molecule has 104 valence electrons. The minimum Gasteiger partial charge on any atom is -0.306 e. The van der Waals surface area contributed by atoms with Gasteiger partial charge in [0.05, 0.1) is 16.5 Å². The van der Waals surface area contributed by atoms with Gasteiger partial charge in [-0.25, -0.2) is 4.79 Å². The Kier molecular flexibility index (Phi) is 3.42. The summed E-state index contributed by atoms with van der Waals surface area (Å²) in [4.78, 5) is 22.1. The largest absolute Gasteiger partial charge is 0.323 e. The molecule has 3 N–H and O–H groups in total. The lowest BCUT2D eigenvalue weighted by molar-refractivity contribution is 0.500. The third-order valence-electron chi connectivity index (χ3n) is 3.42. The summed E-state index contributed by atoms with van der Waals surface area (Å²) in [6.45, 7) is 4.24. The van der Waals surface area contributed by atoms with Gasteiger partial charge in [-0.05, 0) is 31.5 Å². The molecule has 0 spiro atoms. The van der Waals surface area contributed by atoms with Crippen molar-refractivity contribution in [2.75, 3.05) is 0 Å². The topological polar surface area (TPSA) is 73.6 Å². The highest BCUT2D eigenvalue weighted by Gasteiger charge is 2.13. The number of aromatic nitrogens is 3. The number of nitrogens with one attached hydrogen (secondary N) is 3. The fourth-order valence-corrected chi connectivity index (χ4v) is 2.95. The summed E-state index contributed by atoms with van der Waals surface area (Å²) < 4.78 is 0. The molecule has 5 nitrogen and oxygen atoms in total. The molecule has 0 aliphatic carbocycles. The summed E-state index contributed by atoms with van der Waals surface area (Å²) >= 11 is 1.65. The van der Waals surface area contributed by atoms with Gasteiger partial charge in [-0.1, -0.05) is 6.07 Å². The van der Waals surface area contributed by atoms with Gasteiger partial charge >= 0.3 is 5.69 Å². The number of rotatable bonds is 4. The zero-order valence-corrected chi connectivity index (χ0v) is 12.1. The normalized spacial score (nSPS) is 14.5. The van der Waals surface area contributed by atoms with E-state index >= 15 is 0 Å². The first kappa shape index (κ1) is 13.1. The molecule has 0 bridgehead atoms. The number of imidazole rings is 1. The average molecular weight is 288 g/mol. The minimum absolute atomic E-state index is 0.171. The van der Waals surface area contributed by atoms with Gasteiger partial charge in [-0.15, -0.1) is 11.3 Å². The van der Waals surface area contributed by atoms with Gasteiger partial charge in [0.2, 0.25) is 0 Å². The fourth-order valence-electron chi connectivity index (χ4n) is 2.31. The second kappa shape index (κ2) is 5.22. The van der Waals surface area contributed by atoms with Crippen LogP contribution in [0.25, 0.3) is 11.0 Å². The van der Waals surface area contributed by atoms with Crippen LogP contribution in [0.2, 0.25) is 0 Å². The molecule has 0 radical (unpaired) electrons. The molecule has 0 amide bonds. The maximum Gasteiger partial charge on any atom is 0.323 e. The van der Waals surface area contributed by atoms with Crippen molar-refractivity contribution in [3.8, 4) is 0 Å². The van der Waals surface area contributed by atoms with Crippen LogP contribution in [-0.2, 0) is 0 Å². The molecular weight excluding hydrogens is 272 g/mol. The third-order valence-corrected chi connectivity index (χ3v) is 4.38. The maximum absolute atomic E-state index is 11.3. The molecule has 0 aliphatic heterocycles. The van der Waals surface area contributed by atoms with Gasteiger partial charge in [0.25, 0.3) is 0 Å². The molecule has 2 atom stereocenters. The Labute approximate surface area is 120 Å². The Morgan fingerprint density at radius 3 is 2.75 bits per heavy atom. The number of H-pyrrole nitrogens is 2. The summed E-state index contributed by atoms with van der Waals surface area (Å²) in [5.74, 6) is 0. The van der Waals surface area contributed by atoms with Crippen molar-refractivity contribution in [1.82, 2.24) is 20.3 Å². The van der Waals surface area contributed by atoms with E-state index in [-0.39, 0.29) is 17.8 Å². The number of thiazole rings is 1. The van der Waals surface area contributed by atoms with Crippen molar-refractivity contribution in [3.05, 3.63) is 50.8 Å². The van der Waals surface area contributed by atoms with Crippen LogP contribution >= 0.6 is 11.3 Å². The summed E-state index contributed by atoms with van der Waals surface area (Å²) in [6, 6.07) is 6.40. The zero-order valence-electron chi connectivity index (χ0n) is 11.3. The van der Waals surface area contributed by atoms with Crippen molar-refractivity contribution >= 4 is 22.4 Å². The predicted octanol–water partition coefficient (Wildman–Crippen LogP) is 2.72. The smallest absolute Gasteiger partial charge is 0.306 e. The van der Waals surface area contributed by atoms with Crippen molar-refractivity contribution in [3.63, 3.8) is 0 Å². The highest BCUT2D eigenvalue weighted by atomic mass is 32.1. The molecule has 0 fully saturated rings. The van der Waals surface area contributed by atoms with Gasteiger partial charge in [0, 0.05) is 23.2 Å². The van der Waals surface area contributed by atoms with E-state index in [9.17, 15) is 4.79 Å². The fraction of sp³-hybridized carbons (Fsp3) is 0.286. The van der Waals surface area contributed by atoms with E-state index in [2.05, 4.69) is 34.1 Å². The van der Waals surface area contributed by atoms with E-state index in [4.69, 9.17) is 0 Å². The van der Waals surface area contributed by atoms with E-state index in [0.29, 0.717) is 0 Å². The van der Waals surface area contributed by atoms with E-state index in [1.54, 1.807) is 11.3 Å². The summed E-state index contributed by atoms with van der Waals surface area (Å²) in [6.07, 6.45) is 1.89. The second-order valence-corrected chi connectivity index (χ2v) is 5.82. The number of aromatic amines is 2. The molecule has 20 heavy (non-hydrogen) atoms. The highest BCUT2D eigenvalue weighted by molar-refractivity contribution is 7.09. The Bertz CT molecular complexity index is 759. The van der Waals surface area contributed by atoms with Crippen molar-refractivity contribution < 1.29 is 0 Å². The van der Waals surface area contributed by atoms with Crippen LogP contribution < -0.4 is 11.0 Å². The van der Waals surface area contributed by atoms with Crippen LogP contribution in [0, 0.1) is 0 Å². The first-order valence-electron chi connectivity index (χ1n) is 6.50. The molecule has 2 heterocycles. The lowest BCUT2D eigenvalue weighted by Gasteiger charge is -2.19. The van der Waals surface area contributed by atoms with Crippen LogP contribution in [0.3, 0.4) is 0 Å². The van der Waals surface area contributed by atoms with Crippen LogP contribution in [0.5, 0.6) is 0 Å². The van der Waals surface area contributed by atoms with Crippen molar-refractivity contribution in [2.45, 2.75) is 25.9 Å². The van der Waals surface area contributed by atoms with Gasteiger partial charge in [0.15, 0.2) is 0 Å². The molecule has 1 aromatic carbocycles. The lowest BCUT2D eigenvalue weighted by Crippen LogP contribution is -2.21. The molecule has 6 heteroatoms. The van der Waals surface area contributed by atoms with Gasteiger partial charge in [-0.3, -0.25) is 4.98 Å². The van der Waals surface area contributed by atoms with Gasteiger partial charge in [-0.2, -0.15) is 0 Å². The monoisotopic (exact) mass is 288 g/mol. The minimum atomic E-state index is -0.171. The third kappa shape index (κ3) is 2.52. The quantitative estimate of drug-likeness (QED) is 0.691. The van der Waals surface area contributed by atoms with Crippen LogP contribution in [0.15, 0.2) is 34.7 Å². The molecule has 2 aromatic heterocycles. The summed E-state index contributed by atoms with van der Waals surface area (Å²) in [7, 11) is 0. The van der Waals surface area contributed by atoms with Gasteiger partial charge in [0.1, 0.15) is 0 Å². The Morgan fingerprint density at radius 2 is 2.00 bits per heavy atom. The average Bonchev–Trinajstić information content (AvgIpc) is 3.05. The maximum atomic E-state index is 11.3. The molecule has 3 aromatic rings. The molecule has 0 saturated heterocycles. The van der Waals surface area contributed by atoms with Crippen LogP contribution in [-0.4, -0.2) is 15.0 Å². The van der Waals surface area contributed by atoms with E-state index in [1.807, 2.05) is 29.9 Å². The number of benzene rings is 1. The predicted molar refractivity (Wildman–Crippen MR) is 81.0 cm³/mol. The Hall–Kier alpha value is -1.92. The SMILES string of the molecule is CC(NC(C)c1cncs1)c1ccc2[nH]c(=O)[nH]c2c1. The molecule has 2 unspecified atom stereocenters. The summed E-state index contributed by atoms with van der Waals surface area (Å²) in [5, 5.41) is 3.54. The Balaban J connectivity index is 1.81. The standard InChI is InChI=1S/C14H16N4OS/c1-8(16-9(2)13-6-15-7-20-13)10-3-4-11-12(5-10)18-14(19)17-11/h3-9,16H,1-2H3,(H2,17,18,19). The molecule has 0 saturated carbocycles. The second-order valence-electron chi connectivity index (χ2n) is 4.90. The molecular formula is C14H16N4OS. The zero-order chi connectivity index (χ0) is 14.1. The van der Waals surface area contributed by atoms with E-state index in [0.717, 1.165) is 16.6 Å². The highest BCUT2D eigenvalue weighted by Crippen LogP contribution is 2.23. The molecule has 3 rings (SSSR count). The number of hydrogen-bond acceptors (Lipinski definition) is 4. The van der Waals surface area contributed by atoms with Crippen molar-refractivity contribution in [2.24, 2.45) is 0 Å². The number of fused-ring (bicyclic) bond motifs is 1. The number of hydrogen-bond donors (Lipinski definition) is 3.